The number of hydrogen-bond acceptors (Lipinski definition) is 3. The minimum Gasteiger partial charge on any atom is -0.307 e. The minimum atomic E-state index is -0.689. The first-order chi connectivity index (χ1) is 6.06. The van der Waals surface area contributed by atoms with E-state index in [2.05, 4.69) is 11.6 Å². The van der Waals surface area contributed by atoms with Gasteiger partial charge in [0.15, 0.2) is 5.78 Å². The van der Waals surface area contributed by atoms with Crippen LogP contribution in [0.3, 0.4) is 0 Å². The van der Waals surface area contributed by atoms with E-state index < -0.39 is 17.0 Å². The second-order valence-electron chi connectivity index (χ2n) is 2.46. The largest absolute Gasteiger partial charge is 0.326 e. The molecular weight excluding hydrogens is 172 g/mol. The van der Waals surface area contributed by atoms with Gasteiger partial charge in [-0.15, -0.1) is 0 Å². The van der Waals surface area contributed by atoms with Gasteiger partial charge in [-0.2, -0.15) is 0 Å². The molecule has 5 heteroatoms. The molecule has 0 fully saturated rings. The highest BCUT2D eigenvalue weighted by Gasteiger charge is 2.10. The maximum atomic E-state index is 11.1. The van der Waals surface area contributed by atoms with Gasteiger partial charge in [0.25, 0.3) is 5.56 Å². The van der Waals surface area contributed by atoms with E-state index in [9.17, 15) is 14.4 Å². The molecule has 1 aromatic heterocycles. The van der Waals surface area contributed by atoms with Gasteiger partial charge in [-0.3, -0.25) is 14.6 Å². The van der Waals surface area contributed by atoms with Gasteiger partial charge >= 0.3 is 5.69 Å². The summed E-state index contributed by atoms with van der Waals surface area (Å²) < 4.78 is 0. The van der Waals surface area contributed by atoms with Crippen molar-refractivity contribution in [3.05, 3.63) is 38.7 Å². The van der Waals surface area contributed by atoms with Crippen LogP contribution in [0.25, 0.3) is 6.08 Å². The van der Waals surface area contributed by atoms with Gasteiger partial charge in [-0.25, -0.2) is 4.79 Å². The smallest absolute Gasteiger partial charge is 0.307 e. The van der Waals surface area contributed by atoms with Crippen LogP contribution >= 0.6 is 0 Å². The van der Waals surface area contributed by atoms with Gasteiger partial charge in [0.1, 0.15) is 5.56 Å². The molecule has 0 aromatic carbocycles. The molecule has 0 atom stereocenters. The third-order valence-corrected chi connectivity index (χ3v) is 1.53. The average Bonchev–Trinajstić information content (AvgIpc) is 2.01. The number of Topliss-reactive ketones (excluding diaryl/α,β-unsaturated/α-hetero) is 1. The monoisotopic (exact) mass is 180 g/mol. The number of nitrogens with one attached hydrogen (secondary N) is 2. The van der Waals surface area contributed by atoms with Crippen molar-refractivity contribution in [2.24, 2.45) is 0 Å². The van der Waals surface area contributed by atoms with Gasteiger partial charge in [-0.05, 0) is 13.0 Å². The fraction of sp³-hybridized carbons (Fsp3) is 0.125. The molecule has 2 N–H and O–H groups in total. The van der Waals surface area contributed by atoms with Gasteiger partial charge in [0.2, 0.25) is 0 Å². The van der Waals surface area contributed by atoms with Gasteiger partial charge in [-0.1, -0.05) is 6.58 Å². The second kappa shape index (κ2) is 3.22. The lowest BCUT2D eigenvalue weighted by Crippen LogP contribution is -2.28. The minimum absolute atomic E-state index is 0.0744. The molecule has 0 aliphatic rings. The van der Waals surface area contributed by atoms with Crippen molar-refractivity contribution in [2.45, 2.75) is 6.92 Å². The Morgan fingerprint density at radius 2 is 2.00 bits per heavy atom. The predicted octanol–water partition coefficient (Wildman–Crippen LogP) is -0.0912. The van der Waals surface area contributed by atoms with E-state index in [1.165, 1.54) is 13.0 Å². The summed E-state index contributed by atoms with van der Waals surface area (Å²) in [6.45, 7) is 4.63. The quantitative estimate of drug-likeness (QED) is 0.624. The molecule has 13 heavy (non-hydrogen) atoms. The molecule has 0 saturated carbocycles. The maximum Gasteiger partial charge on any atom is 0.326 e. The van der Waals surface area contributed by atoms with E-state index in [1.54, 1.807) is 0 Å². The van der Waals surface area contributed by atoms with Crippen LogP contribution in [-0.4, -0.2) is 15.8 Å². The first-order valence-electron chi connectivity index (χ1n) is 3.56. The SMILES string of the molecule is C=Cc1[nH]c(=O)[nH]c(=O)c1C(C)=O. The molecule has 0 aliphatic carbocycles. The van der Waals surface area contributed by atoms with Crippen molar-refractivity contribution < 1.29 is 4.79 Å². The van der Waals surface area contributed by atoms with Crippen molar-refractivity contribution in [3.63, 3.8) is 0 Å². The molecule has 0 bridgehead atoms. The predicted molar refractivity (Wildman–Crippen MR) is 47.8 cm³/mol. The molecule has 68 valence electrons. The Morgan fingerprint density at radius 3 is 2.46 bits per heavy atom. The fourth-order valence-corrected chi connectivity index (χ4v) is 1.01. The number of hydrogen-bond donors (Lipinski definition) is 2. The summed E-state index contributed by atoms with van der Waals surface area (Å²) in [6, 6.07) is 0. The van der Waals surface area contributed by atoms with E-state index in [-0.39, 0.29) is 11.3 Å². The molecular formula is C8H8N2O3. The molecule has 0 saturated heterocycles. The summed E-state index contributed by atoms with van der Waals surface area (Å²) in [5.41, 5.74) is -1.26. The number of carbonyl (C=O) groups is 1. The van der Waals surface area contributed by atoms with Crippen LogP contribution in [-0.2, 0) is 0 Å². The first kappa shape index (κ1) is 9.18. The van der Waals surface area contributed by atoms with E-state index in [4.69, 9.17) is 0 Å². The maximum absolute atomic E-state index is 11.1. The summed E-state index contributed by atoms with van der Waals surface area (Å²) in [4.78, 5) is 37.1. The Morgan fingerprint density at radius 1 is 1.38 bits per heavy atom. The van der Waals surface area contributed by atoms with Crippen molar-refractivity contribution in [1.29, 1.82) is 0 Å². The Kier molecular flexibility index (Phi) is 2.27. The standard InChI is InChI=1S/C8H8N2O3/c1-3-5-6(4(2)11)7(12)10-8(13)9-5/h3H,1H2,2H3,(H2,9,10,12,13). The van der Waals surface area contributed by atoms with Gasteiger partial charge in [0, 0.05) is 0 Å². The molecule has 1 heterocycles. The molecule has 0 aliphatic heterocycles. The summed E-state index contributed by atoms with van der Waals surface area (Å²) in [5.74, 6) is -0.410. The number of aromatic nitrogens is 2. The van der Waals surface area contributed by atoms with Crippen LogP contribution in [0.4, 0.5) is 0 Å². The number of rotatable bonds is 2. The van der Waals surface area contributed by atoms with Crippen molar-refractivity contribution in [3.8, 4) is 0 Å². The number of aromatic amines is 2. The molecule has 0 amide bonds. The molecule has 5 nitrogen and oxygen atoms in total. The van der Waals surface area contributed by atoms with Crippen LogP contribution < -0.4 is 11.2 Å². The fourth-order valence-electron chi connectivity index (χ4n) is 1.01. The van der Waals surface area contributed by atoms with E-state index in [0.717, 1.165) is 0 Å². The Balaban J connectivity index is 3.67. The van der Waals surface area contributed by atoms with Gasteiger partial charge in [0.05, 0.1) is 5.69 Å². The zero-order chi connectivity index (χ0) is 10.0. The number of carbonyl (C=O) groups excluding carboxylic acids is 1. The average molecular weight is 180 g/mol. The third-order valence-electron chi connectivity index (χ3n) is 1.53. The Hall–Kier alpha value is -1.91. The molecule has 1 rings (SSSR count). The highest BCUT2D eigenvalue weighted by Crippen LogP contribution is 1.99. The lowest BCUT2D eigenvalue weighted by molar-refractivity contribution is 0.101. The number of ketones is 1. The highest BCUT2D eigenvalue weighted by molar-refractivity contribution is 5.96. The van der Waals surface area contributed by atoms with E-state index in [1.807, 2.05) is 4.98 Å². The molecule has 0 spiro atoms. The third kappa shape index (κ3) is 1.64. The summed E-state index contributed by atoms with van der Waals surface area (Å²) in [7, 11) is 0. The van der Waals surface area contributed by atoms with Crippen LogP contribution in [0.1, 0.15) is 23.0 Å². The van der Waals surface area contributed by atoms with Crippen LogP contribution in [0, 0.1) is 0 Å². The number of H-pyrrole nitrogens is 2. The lowest BCUT2D eigenvalue weighted by atomic mass is 10.1. The van der Waals surface area contributed by atoms with E-state index in [0.29, 0.717) is 0 Å². The van der Waals surface area contributed by atoms with E-state index >= 15 is 0 Å². The molecule has 0 radical (unpaired) electrons. The normalized spacial score (nSPS) is 9.62. The topological polar surface area (TPSA) is 82.8 Å². The Bertz CT molecular complexity index is 467. The van der Waals surface area contributed by atoms with Gasteiger partial charge < -0.3 is 4.98 Å². The van der Waals surface area contributed by atoms with Crippen molar-refractivity contribution in [2.75, 3.05) is 0 Å². The zero-order valence-corrected chi connectivity index (χ0v) is 7.01. The van der Waals surface area contributed by atoms with Crippen molar-refractivity contribution in [1.82, 2.24) is 9.97 Å². The molecule has 0 unspecified atom stereocenters. The first-order valence-corrected chi connectivity index (χ1v) is 3.56. The van der Waals surface area contributed by atoms with Crippen LogP contribution in [0.2, 0.25) is 0 Å². The lowest BCUT2D eigenvalue weighted by Gasteiger charge is -1.98. The summed E-state index contributed by atoms with van der Waals surface area (Å²) >= 11 is 0. The second-order valence-corrected chi connectivity index (χ2v) is 2.46. The zero-order valence-electron chi connectivity index (χ0n) is 7.01. The summed E-state index contributed by atoms with van der Waals surface area (Å²) in [5, 5.41) is 0. The Labute approximate surface area is 73.1 Å². The molecule has 1 aromatic rings. The highest BCUT2D eigenvalue weighted by atomic mass is 16.2. The van der Waals surface area contributed by atoms with Crippen LogP contribution in [0.15, 0.2) is 16.2 Å². The summed E-state index contributed by atoms with van der Waals surface area (Å²) in [6.07, 6.45) is 1.26. The van der Waals surface area contributed by atoms with Crippen molar-refractivity contribution >= 4 is 11.9 Å². The van der Waals surface area contributed by atoms with Crippen LogP contribution in [0.5, 0.6) is 0 Å².